The highest BCUT2D eigenvalue weighted by molar-refractivity contribution is 5.69. The Morgan fingerprint density at radius 1 is 1.00 bits per heavy atom. The maximum absolute atomic E-state index is 5.65. The van der Waals surface area contributed by atoms with Crippen LogP contribution < -0.4 is 5.73 Å². The molecule has 0 fully saturated rings. The zero-order chi connectivity index (χ0) is 18.1. The molecule has 2 heterocycles. The summed E-state index contributed by atoms with van der Waals surface area (Å²) in [4.78, 5) is 10.4. The van der Waals surface area contributed by atoms with E-state index in [1.807, 2.05) is 0 Å². The summed E-state index contributed by atoms with van der Waals surface area (Å²) in [5.74, 6) is 0.917. The molecule has 132 valence electrons. The molecule has 0 radical (unpaired) electrons. The molecule has 2 aromatic carbocycles. The Kier molecular flexibility index (Phi) is 4.35. The smallest absolute Gasteiger partial charge is 0.138 e. The molecule has 0 saturated heterocycles. The third-order valence-corrected chi connectivity index (χ3v) is 5.03. The molecule has 26 heavy (non-hydrogen) atoms. The van der Waals surface area contributed by atoms with E-state index in [1.165, 1.54) is 22.3 Å². The van der Waals surface area contributed by atoms with Crippen molar-refractivity contribution in [2.75, 3.05) is 13.1 Å². The molecule has 4 rings (SSSR count). The van der Waals surface area contributed by atoms with Gasteiger partial charge in [0.2, 0.25) is 0 Å². The van der Waals surface area contributed by atoms with Gasteiger partial charge < -0.3 is 15.6 Å². The molecular formula is C22H24N4. The van der Waals surface area contributed by atoms with E-state index in [-0.39, 0.29) is 0 Å². The van der Waals surface area contributed by atoms with Gasteiger partial charge in [0.05, 0.1) is 17.9 Å². The molecule has 0 bridgehead atoms. The van der Waals surface area contributed by atoms with Crippen molar-refractivity contribution in [2.24, 2.45) is 5.73 Å². The fraction of sp³-hybridized carbons (Fsp3) is 0.227. The lowest BCUT2D eigenvalue weighted by molar-refractivity contribution is 0.372. The Labute approximate surface area is 154 Å². The fourth-order valence-corrected chi connectivity index (χ4v) is 3.31. The average molecular weight is 344 g/mol. The first-order valence-electron chi connectivity index (χ1n) is 9.03. The van der Waals surface area contributed by atoms with E-state index < -0.39 is 0 Å². The number of hydrogen-bond donors (Lipinski definition) is 2. The van der Waals surface area contributed by atoms with Crippen LogP contribution in [0.15, 0.2) is 48.7 Å². The minimum atomic E-state index is 0.653. The summed E-state index contributed by atoms with van der Waals surface area (Å²) in [7, 11) is 0. The summed E-state index contributed by atoms with van der Waals surface area (Å²) in [6.07, 6.45) is 4.13. The number of benzene rings is 2. The molecule has 0 unspecified atom stereocenters. The number of nitrogens with two attached hydrogens (primary N) is 1. The lowest BCUT2D eigenvalue weighted by atomic mass is 9.99. The third-order valence-electron chi connectivity index (χ3n) is 5.03. The minimum absolute atomic E-state index is 0.653. The lowest BCUT2D eigenvalue weighted by Crippen LogP contribution is -2.26. The maximum Gasteiger partial charge on any atom is 0.138 e. The highest BCUT2D eigenvalue weighted by atomic mass is 15.1. The molecule has 0 aliphatic carbocycles. The SMILES string of the molecule is Cc1ccc(-c2ccc(-c3nc4c([nH]3)CN(CCN)C=C4)cc2)cc1C. The molecule has 4 heteroatoms. The predicted molar refractivity (Wildman–Crippen MR) is 107 cm³/mol. The largest absolute Gasteiger partial charge is 0.370 e. The maximum atomic E-state index is 5.65. The van der Waals surface area contributed by atoms with Gasteiger partial charge in [-0.05, 0) is 42.2 Å². The number of rotatable bonds is 4. The summed E-state index contributed by atoms with van der Waals surface area (Å²) in [6.45, 7) is 6.64. The second kappa shape index (κ2) is 6.81. The number of H-pyrrole nitrogens is 1. The van der Waals surface area contributed by atoms with Crippen molar-refractivity contribution in [3.8, 4) is 22.5 Å². The molecule has 0 atom stereocenters. The molecule has 0 spiro atoms. The molecule has 0 amide bonds. The second-order valence-electron chi connectivity index (χ2n) is 6.90. The van der Waals surface area contributed by atoms with Crippen molar-refractivity contribution >= 4 is 6.08 Å². The van der Waals surface area contributed by atoms with Crippen LogP contribution in [0.1, 0.15) is 22.5 Å². The average Bonchev–Trinajstić information content (AvgIpc) is 3.08. The number of fused-ring (bicyclic) bond motifs is 1. The highest BCUT2D eigenvalue weighted by Crippen LogP contribution is 2.27. The van der Waals surface area contributed by atoms with Gasteiger partial charge in [0.15, 0.2) is 0 Å². The zero-order valence-corrected chi connectivity index (χ0v) is 15.3. The first-order chi connectivity index (χ1) is 12.6. The number of aryl methyl sites for hydroxylation is 2. The minimum Gasteiger partial charge on any atom is -0.370 e. The van der Waals surface area contributed by atoms with E-state index in [4.69, 9.17) is 10.7 Å². The van der Waals surface area contributed by atoms with Crippen LogP contribution >= 0.6 is 0 Å². The first kappa shape index (κ1) is 16.6. The van der Waals surface area contributed by atoms with Crippen molar-refractivity contribution in [3.63, 3.8) is 0 Å². The van der Waals surface area contributed by atoms with Crippen LogP contribution in [0.25, 0.3) is 28.6 Å². The van der Waals surface area contributed by atoms with E-state index in [9.17, 15) is 0 Å². The van der Waals surface area contributed by atoms with Gasteiger partial charge >= 0.3 is 0 Å². The van der Waals surface area contributed by atoms with E-state index in [1.54, 1.807) is 0 Å². The molecule has 3 aromatic rings. The van der Waals surface area contributed by atoms with Gasteiger partial charge in [0.1, 0.15) is 5.82 Å². The van der Waals surface area contributed by atoms with Gasteiger partial charge in [-0.15, -0.1) is 0 Å². The topological polar surface area (TPSA) is 57.9 Å². The molecule has 1 aromatic heterocycles. The Hall–Kier alpha value is -2.85. The summed E-state index contributed by atoms with van der Waals surface area (Å²) in [5, 5.41) is 0. The number of aromatic nitrogens is 2. The van der Waals surface area contributed by atoms with Crippen LogP contribution in [-0.4, -0.2) is 28.0 Å². The standard InChI is InChI=1S/C22H24N4/c1-15-3-4-19(13-16(15)2)17-5-7-18(8-6-17)22-24-20-9-11-26(12-10-23)14-21(20)25-22/h3-9,11,13H,10,12,14,23H2,1-2H3,(H,24,25). The molecule has 1 aliphatic rings. The van der Waals surface area contributed by atoms with Crippen LogP contribution in [0.2, 0.25) is 0 Å². The predicted octanol–water partition coefficient (Wildman–Crippen LogP) is 4.11. The molecule has 0 saturated carbocycles. The number of imidazole rings is 1. The van der Waals surface area contributed by atoms with Crippen LogP contribution in [0, 0.1) is 13.8 Å². The van der Waals surface area contributed by atoms with Crippen molar-refractivity contribution in [2.45, 2.75) is 20.4 Å². The van der Waals surface area contributed by atoms with Crippen LogP contribution in [0.4, 0.5) is 0 Å². The normalized spacial score (nSPS) is 13.1. The molecule has 3 N–H and O–H groups in total. The summed E-state index contributed by atoms with van der Waals surface area (Å²) in [6, 6.07) is 15.2. The quantitative estimate of drug-likeness (QED) is 0.749. The number of aromatic amines is 1. The van der Waals surface area contributed by atoms with Gasteiger partial charge in [-0.25, -0.2) is 4.98 Å². The van der Waals surface area contributed by atoms with Crippen molar-refractivity contribution in [3.05, 3.63) is 71.2 Å². The zero-order valence-electron chi connectivity index (χ0n) is 15.3. The number of hydrogen-bond acceptors (Lipinski definition) is 3. The number of nitrogens with zero attached hydrogens (tertiary/aromatic N) is 2. The second-order valence-corrected chi connectivity index (χ2v) is 6.90. The Balaban J connectivity index is 1.58. The third kappa shape index (κ3) is 3.16. The van der Waals surface area contributed by atoms with Gasteiger partial charge in [-0.3, -0.25) is 0 Å². The Bertz CT molecular complexity index is 951. The van der Waals surface area contributed by atoms with Gasteiger partial charge in [-0.1, -0.05) is 42.5 Å². The molecule has 4 nitrogen and oxygen atoms in total. The Morgan fingerprint density at radius 3 is 2.46 bits per heavy atom. The van der Waals surface area contributed by atoms with Crippen molar-refractivity contribution in [1.82, 2.24) is 14.9 Å². The van der Waals surface area contributed by atoms with Gasteiger partial charge in [0.25, 0.3) is 0 Å². The summed E-state index contributed by atoms with van der Waals surface area (Å²) >= 11 is 0. The molecule has 1 aliphatic heterocycles. The fourth-order valence-electron chi connectivity index (χ4n) is 3.31. The van der Waals surface area contributed by atoms with Crippen LogP contribution in [0.5, 0.6) is 0 Å². The van der Waals surface area contributed by atoms with Gasteiger partial charge in [-0.2, -0.15) is 0 Å². The number of nitrogens with one attached hydrogen (secondary N) is 1. The van der Waals surface area contributed by atoms with E-state index >= 15 is 0 Å². The van der Waals surface area contributed by atoms with E-state index in [2.05, 4.69) is 78.5 Å². The van der Waals surface area contributed by atoms with Crippen molar-refractivity contribution < 1.29 is 0 Å². The lowest BCUT2D eigenvalue weighted by Gasteiger charge is -2.21. The van der Waals surface area contributed by atoms with Crippen molar-refractivity contribution in [1.29, 1.82) is 0 Å². The van der Waals surface area contributed by atoms with E-state index in [0.717, 1.165) is 35.9 Å². The monoisotopic (exact) mass is 344 g/mol. The first-order valence-corrected chi connectivity index (χ1v) is 9.03. The van der Waals surface area contributed by atoms with E-state index in [0.29, 0.717) is 6.54 Å². The molecular weight excluding hydrogens is 320 g/mol. The Morgan fingerprint density at radius 2 is 1.73 bits per heavy atom. The summed E-state index contributed by atoms with van der Waals surface area (Å²) < 4.78 is 0. The van der Waals surface area contributed by atoms with Crippen LogP contribution in [-0.2, 0) is 6.54 Å². The summed E-state index contributed by atoms with van der Waals surface area (Å²) in [5.41, 5.74) is 14.0. The van der Waals surface area contributed by atoms with Gasteiger partial charge in [0, 0.05) is 24.9 Å². The van der Waals surface area contributed by atoms with Crippen LogP contribution in [0.3, 0.4) is 0 Å². The highest BCUT2D eigenvalue weighted by Gasteiger charge is 2.15.